The van der Waals surface area contributed by atoms with Crippen molar-refractivity contribution in [3.63, 3.8) is 0 Å². The molecule has 1 saturated heterocycles. The normalized spacial score (nSPS) is 28.1. The van der Waals surface area contributed by atoms with Gasteiger partial charge in [0.2, 0.25) is 0 Å². The quantitative estimate of drug-likeness (QED) is 0.865. The Bertz CT molecular complexity index is 324. The van der Waals surface area contributed by atoms with Crippen LogP contribution in [0.2, 0.25) is 0 Å². The number of likely N-dealkylation sites (tertiary alicyclic amines) is 1. The lowest BCUT2D eigenvalue weighted by molar-refractivity contribution is -0.00126. The summed E-state index contributed by atoms with van der Waals surface area (Å²) in [7, 11) is 0. The topological polar surface area (TPSA) is 41.6 Å². The van der Waals surface area contributed by atoms with Crippen LogP contribution in [0.5, 0.6) is 0 Å². The highest BCUT2D eigenvalue weighted by atomic mass is 16.6. The minimum absolute atomic E-state index is 0.166. The molecule has 0 bridgehead atoms. The van der Waals surface area contributed by atoms with Crippen LogP contribution in [-0.4, -0.2) is 42.3 Å². The van der Waals surface area contributed by atoms with Crippen LogP contribution in [0.3, 0.4) is 0 Å². The average Bonchev–Trinajstić information content (AvgIpc) is 2.27. The van der Waals surface area contributed by atoms with Gasteiger partial charge in [0.1, 0.15) is 5.60 Å². The van der Waals surface area contributed by atoms with Crippen LogP contribution in [0, 0.1) is 11.8 Å². The molecule has 1 N–H and O–H groups in total. The van der Waals surface area contributed by atoms with E-state index in [1.54, 1.807) is 4.90 Å². The summed E-state index contributed by atoms with van der Waals surface area (Å²) >= 11 is 0. The highest BCUT2D eigenvalue weighted by Crippen LogP contribution is 2.24. The summed E-state index contributed by atoms with van der Waals surface area (Å²) in [4.78, 5) is 13.6. The molecular formula is C16H30N2O2. The maximum absolute atomic E-state index is 11.8. The highest BCUT2D eigenvalue weighted by molar-refractivity contribution is 5.69. The molecule has 0 unspecified atom stereocenters. The Kier molecular flexibility index (Phi) is 4.95. The maximum Gasteiger partial charge on any atom is 0.410 e. The molecule has 20 heavy (non-hydrogen) atoms. The molecule has 2 rings (SSSR count). The highest BCUT2D eigenvalue weighted by Gasteiger charge is 2.33. The van der Waals surface area contributed by atoms with Gasteiger partial charge in [-0.05, 0) is 52.4 Å². The molecule has 116 valence electrons. The molecule has 0 radical (unpaired) electrons. The first-order valence-corrected chi connectivity index (χ1v) is 8.05. The fourth-order valence-electron chi connectivity index (χ4n) is 2.97. The Morgan fingerprint density at radius 3 is 2.35 bits per heavy atom. The van der Waals surface area contributed by atoms with Crippen molar-refractivity contribution in [3.8, 4) is 0 Å². The Balaban J connectivity index is 1.59. The van der Waals surface area contributed by atoms with E-state index in [4.69, 9.17) is 4.74 Å². The van der Waals surface area contributed by atoms with E-state index in [9.17, 15) is 4.79 Å². The number of hydrogen-bond donors (Lipinski definition) is 1. The zero-order chi connectivity index (χ0) is 14.8. The van der Waals surface area contributed by atoms with Crippen molar-refractivity contribution >= 4 is 6.09 Å². The van der Waals surface area contributed by atoms with Crippen molar-refractivity contribution in [1.29, 1.82) is 0 Å². The third kappa shape index (κ3) is 4.65. The maximum atomic E-state index is 11.8. The molecule has 1 aliphatic heterocycles. The van der Waals surface area contributed by atoms with Crippen LogP contribution < -0.4 is 5.32 Å². The van der Waals surface area contributed by atoms with Gasteiger partial charge in [-0.25, -0.2) is 4.79 Å². The van der Waals surface area contributed by atoms with Gasteiger partial charge in [0.05, 0.1) is 0 Å². The summed E-state index contributed by atoms with van der Waals surface area (Å²) in [6.07, 6.45) is 5.16. The third-order valence-corrected chi connectivity index (χ3v) is 4.32. The number of carbonyl (C=O) groups is 1. The van der Waals surface area contributed by atoms with E-state index in [0.717, 1.165) is 25.6 Å². The van der Waals surface area contributed by atoms with Crippen LogP contribution in [-0.2, 0) is 4.74 Å². The van der Waals surface area contributed by atoms with Crippen LogP contribution in [0.1, 0.15) is 53.4 Å². The van der Waals surface area contributed by atoms with Gasteiger partial charge in [-0.1, -0.05) is 6.92 Å². The van der Waals surface area contributed by atoms with Crippen molar-refractivity contribution in [2.75, 3.05) is 19.6 Å². The summed E-state index contributed by atoms with van der Waals surface area (Å²) in [5, 5.41) is 3.67. The van der Waals surface area contributed by atoms with Gasteiger partial charge in [0.15, 0.2) is 0 Å². The van der Waals surface area contributed by atoms with Gasteiger partial charge in [-0.2, -0.15) is 0 Å². The molecule has 0 aromatic heterocycles. The summed E-state index contributed by atoms with van der Waals surface area (Å²) in [6, 6.07) is 0.696. The molecule has 1 amide bonds. The molecule has 4 nitrogen and oxygen atoms in total. The molecule has 0 spiro atoms. The molecule has 0 aromatic carbocycles. The Morgan fingerprint density at radius 2 is 1.80 bits per heavy atom. The second-order valence-corrected chi connectivity index (χ2v) is 7.62. The number of amides is 1. The van der Waals surface area contributed by atoms with Crippen molar-refractivity contribution in [2.45, 2.75) is 65.0 Å². The molecule has 1 aliphatic carbocycles. The van der Waals surface area contributed by atoms with Crippen molar-refractivity contribution in [2.24, 2.45) is 11.8 Å². The first kappa shape index (κ1) is 15.6. The second kappa shape index (κ2) is 6.33. The monoisotopic (exact) mass is 282 g/mol. The molecule has 0 aromatic rings. The SMILES string of the molecule is CC(C)(C)OC(=O)N1CC(CN[C@H]2CC[C@H](C)CC2)C1. The number of rotatable bonds is 3. The van der Waals surface area contributed by atoms with Gasteiger partial charge in [0, 0.05) is 31.6 Å². The van der Waals surface area contributed by atoms with E-state index in [1.165, 1.54) is 25.7 Å². The van der Waals surface area contributed by atoms with E-state index < -0.39 is 0 Å². The Morgan fingerprint density at radius 1 is 1.20 bits per heavy atom. The van der Waals surface area contributed by atoms with E-state index in [1.807, 2.05) is 20.8 Å². The summed E-state index contributed by atoms with van der Waals surface area (Å²) < 4.78 is 5.36. The molecule has 1 saturated carbocycles. The lowest BCUT2D eigenvalue weighted by Crippen LogP contribution is -2.55. The lowest BCUT2D eigenvalue weighted by atomic mass is 9.87. The summed E-state index contributed by atoms with van der Waals surface area (Å²) in [5.74, 6) is 1.50. The number of ether oxygens (including phenoxy) is 1. The fourth-order valence-corrected chi connectivity index (χ4v) is 2.97. The molecule has 1 heterocycles. The number of nitrogens with zero attached hydrogens (tertiary/aromatic N) is 1. The predicted octanol–water partition coefficient (Wildman–Crippen LogP) is 3.02. The van der Waals surface area contributed by atoms with Crippen LogP contribution >= 0.6 is 0 Å². The van der Waals surface area contributed by atoms with Gasteiger partial charge < -0.3 is 15.0 Å². The number of hydrogen-bond acceptors (Lipinski definition) is 3. The lowest BCUT2D eigenvalue weighted by Gasteiger charge is -2.40. The van der Waals surface area contributed by atoms with Crippen LogP contribution in [0.25, 0.3) is 0 Å². The largest absolute Gasteiger partial charge is 0.444 e. The third-order valence-electron chi connectivity index (χ3n) is 4.32. The van der Waals surface area contributed by atoms with Crippen molar-refractivity contribution in [1.82, 2.24) is 10.2 Å². The van der Waals surface area contributed by atoms with Crippen LogP contribution in [0.4, 0.5) is 4.79 Å². The Labute approximate surface area is 123 Å². The van der Waals surface area contributed by atoms with E-state index >= 15 is 0 Å². The van der Waals surface area contributed by atoms with Crippen molar-refractivity contribution in [3.05, 3.63) is 0 Å². The smallest absolute Gasteiger partial charge is 0.410 e. The van der Waals surface area contributed by atoms with E-state index in [0.29, 0.717) is 12.0 Å². The van der Waals surface area contributed by atoms with E-state index in [2.05, 4.69) is 12.2 Å². The molecule has 2 fully saturated rings. The summed E-state index contributed by atoms with van der Waals surface area (Å²) in [6.45, 7) is 10.8. The minimum atomic E-state index is -0.390. The van der Waals surface area contributed by atoms with Crippen molar-refractivity contribution < 1.29 is 9.53 Å². The standard InChI is InChI=1S/C16H30N2O2/c1-12-5-7-14(8-6-12)17-9-13-10-18(11-13)15(19)20-16(2,3)4/h12-14,17H,5-11H2,1-4H3/t12-,14-. The minimum Gasteiger partial charge on any atom is -0.444 e. The van der Waals surface area contributed by atoms with E-state index in [-0.39, 0.29) is 11.7 Å². The molecule has 0 atom stereocenters. The van der Waals surface area contributed by atoms with Gasteiger partial charge in [0.25, 0.3) is 0 Å². The zero-order valence-electron chi connectivity index (χ0n) is 13.4. The first-order chi connectivity index (χ1) is 9.33. The molecular weight excluding hydrogens is 252 g/mol. The van der Waals surface area contributed by atoms with Gasteiger partial charge in [-0.3, -0.25) is 0 Å². The van der Waals surface area contributed by atoms with Gasteiger partial charge in [-0.15, -0.1) is 0 Å². The zero-order valence-corrected chi connectivity index (χ0v) is 13.4. The molecule has 4 heteroatoms. The van der Waals surface area contributed by atoms with Gasteiger partial charge >= 0.3 is 6.09 Å². The van der Waals surface area contributed by atoms with Crippen LogP contribution in [0.15, 0.2) is 0 Å². The fraction of sp³-hybridized carbons (Fsp3) is 0.938. The first-order valence-electron chi connectivity index (χ1n) is 8.05. The predicted molar refractivity (Wildman–Crippen MR) is 80.7 cm³/mol. The number of nitrogens with one attached hydrogen (secondary N) is 1. The average molecular weight is 282 g/mol. The summed E-state index contributed by atoms with van der Waals surface area (Å²) in [5.41, 5.74) is -0.390. The second-order valence-electron chi connectivity index (χ2n) is 7.62. The number of carbonyl (C=O) groups excluding carboxylic acids is 1. The molecule has 2 aliphatic rings. The Hall–Kier alpha value is -0.770.